The molecule has 0 bridgehead atoms. The van der Waals surface area contributed by atoms with Crippen LogP contribution >= 0.6 is 0 Å². The smallest absolute Gasteiger partial charge is 0.409 e. The molecule has 4 heteroatoms. The molecule has 0 fully saturated rings. The summed E-state index contributed by atoms with van der Waals surface area (Å²) in [5, 5.41) is 16.7. The Hall–Kier alpha value is -0.770. The molecule has 1 amide bonds. The summed E-state index contributed by atoms with van der Waals surface area (Å²) in [6.45, 7) is 2.96. The molecule has 4 nitrogen and oxygen atoms in total. The first-order valence-corrected chi connectivity index (χ1v) is 2.70. The van der Waals surface area contributed by atoms with Crippen LogP contribution in [0.1, 0.15) is 13.8 Å². The number of nitrogens with zero attached hydrogens (tertiary/aromatic N) is 1. The van der Waals surface area contributed by atoms with Crippen molar-refractivity contribution in [1.29, 1.82) is 0 Å². The predicted molar refractivity (Wildman–Crippen MR) is 32.1 cm³/mol. The van der Waals surface area contributed by atoms with Crippen molar-refractivity contribution in [3.63, 3.8) is 0 Å². The lowest BCUT2D eigenvalue weighted by molar-refractivity contribution is 0.0714. The van der Waals surface area contributed by atoms with Gasteiger partial charge >= 0.3 is 6.09 Å². The highest BCUT2D eigenvalue weighted by Crippen LogP contribution is 1.94. The highest BCUT2D eigenvalue weighted by atomic mass is 16.4. The maximum Gasteiger partial charge on any atom is 0.409 e. The number of hydrogen-bond donors (Lipinski definition) is 2. The first-order chi connectivity index (χ1) is 4.09. The van der Waals surface area contributed by atoms with Crippen LogP contribution in [0, 0.1) is 0 Å². The van der Waals surface area contributed by atoms with Gasteiger partial charge in [-0.1, -0.05) is 0 Å². The average molecular weight is 133 g/mol. The molecule has 0 aromatic heterocycles. The fraction of sp³-hybridized carbons (Fsp3) is 0.800. The normalized spacial score (nSPS) is 9.78. The van der Waals surface area contributed by atoms with Gasteiger partial charge in [-0.2, -0.15) is 0 Å². The zero-order chi connectivity index (χ0) is 7.44. The van der Waals surface area contributed by atoms with Crippen molar-refractivity contribution in [3.05, 3.63) is 0 Å². The molecule has 0 spiro atoms. The van der Waals surface area contributed by atoms with Gasteiger partial charge in [0.05, 0.1) is 0 Å². The third-order valence-electron chi connectivity index (χ3n) is 1.02. The largest absolute Gasteiger partial charge is 0.465 e. The molecule has 54 valence electrons. The Bertz CT molecular complexity index is 102. The summed E-state index contributed by atoms with van der Waals surface area (Å²) >= 11 is 0. The molecule has 0 saturated carbocycles. The summed E-state index contributed by atoms with van der Waals surface area (Å²) in [6.07, 6.45) is -1.09. The standard InChI is InChI=1S/C5H11NO3/c1-4(2)6(3-7)5(8)9/h4,7H,3H2,1-2H3,(H,8,9). The number of amides is 1. The first-order valence-electron chi connectivity index (χ1n) is 2.70. The Morgan fingerprint density at radius 3 is 2.11 bits per heavy atom. The maximum atomic E-state index is 10.1. The lowest BCUT2D eigenvalue weighted by atomic mass is 10.4. The summed E-state index contributed by atoms with van der Waals surface area (Å²) in [7, 11) is 0. The monoisotopic (exact) mass is 133 g/mol. The van der Waals surface area contributed by atoms with Crippen molar-refractivity contribution in [2.24, 2.45) is 0 Å². The quantitative estimate of drug-likeness (QED) is 0.533. The van der Waals surface area contributed by atoms with Gasteiger partial charge in [0, 0.05) is 6.04 Å². The molecule has 0 rings (SSSR count). The molecule has 0 radical (unpaired) electrons. The lowest BCUT2D eigenvalue weighted by Gasteiger charge is -2.19. The van der Waals surface area contributed by atoms with E-state index in [1.807, 2.05) is 0 Å². The number of aliphatic hydroxyl groups is 1. The van der Waals surface area contributed by atoms with Crippen LogP contribution in [-0.2, 0) is 0 Å². The van der Waals surface area contributed by atoms with E-state index in [0.29, 0.717) is 0 Å². The van der Waals surface area contributed by atoms with E-state index in [0.717, 1.165) is 4.90 Å². The molecule has 0 aliphatic carbocycles. The van der Waals surface area contributed by atoms with Crippen LogP contribution < -0.4 is 0 Å². The van der Waals surface area contributed by atoms with Crippen molar-refractivity contribution in [2.45, 2.75) is 19.9 Å². The number of hydrogen-bond acceptors (Lipinski definition) is 2. The molecule has 0 aliphatic heterocycles. The van der Waals surface area contributed by atoms with Gasteiger partial charge in [0.15, 0.2) is 0 Å². The van der Waals surface area contributed by atoms with Crippen LogP contribution in [-0.4, -0.2) is 34.0 Å². The Kier molecular flexibility index (Phi) is 3.01. The Labute approximate surface area is 53.7 Å². The summed E-state index contributed by atoms with van der Waals surface area (Å²) in [5.74, 6) is 0. The maximum absolute atomic E-state index is 10.1. The van der Waals surface area contributed by atoms with Crippen LogP contribution in [0.4, 0.5) is 4.79 Å². The van der Waals surface area contributed by atoms with E-state index < -0.39 is 12.8 Å². The van der Waals surface area contributed by atoms with Crippen molar-refractivity contribution < 1.29 is 15.0 Å². The Morgan fingerprint density at radius 2 is 2.11 bits per heavy atom. The van der Waals surface area contributed by atoms with E-state index in [2.05, 4.69) is 0 Å². The fourth-order valence-electron chi connectivity index (χ4n) is 0.445. The van der Waals surface area contributed by atoms with Gasteiger partial charge in [-0.05, 0) is 13.8 Å². The van der Waals surface area contributed by atoms with E-state index in [1.165, 1.54) is 0 Å². The van der Waals surface area contributed by atoms with Crippen LogP contribution in [0.2, 0.25) is 0 Å². The van der Waals surface area contributed by atoms with Gasteiger partial charge in [0.2, 0.25) is 0 Å². The molecule has 0 atom stereocenters. The van der Waals surface area contributed by atoms with E-state index in [-0.39, 0.29) is 6.04 Å². The molecule has 0 unspecified atom stereocenters. The van der Waals surface area contributed by atoms with Crippen LogP contribution in [0.5, 0.6) is 0 Å². The van der Waals surface area contributed by atoms with Gasteiger partial charge in [-0.3, -0.25) is 4.90 Å². The van der Waals surface area contributed by atoms with E-state index >= 15 is 0 Å². The summed E-state index contributed by atoms with van der Waals surface area (Å²) in [5.41, 5.74) is 0. The number of aliphatic hydroxyl groups excluding tert-OH is 1. The van der Waals surface area contributed by atoms with Crippen LogP contribution in [0.15, 0.2) is 0 Å². The van der Waals surface area contributed by atoms with E-state index in [9.17, 15) is 4.79 Å². The summed E-state index contributed by atoms with van der Waals surface area (Å²) in [4.78, 5) is 11.1. The molecule has 0 saturated heterocycles. The minimum Gasteiger partial charge on any atom is -0.465 e. The SMILES string of the molecule is CC(C)N(CO)C(=O)O. The summed E-state index contributed by atoms with van der Waals surface area (Å²) in [6, 6.07) is -0.160. The molecule has 0 aromatic carbocycles. The second-order valence-electron chi connectivity index (χ2n) is 1.99. The molecular weight excluding hydrogens is 122 g/mol. The zero-order valence-electron chi connectivity index (χ0n) is 5.53. The van der Waals surface area contributed by atoms with Crippen molar-refractivity contribution in [3.8, 4) is 0 Å². The lowest BCUT2D eigenvalue weighted by Crippen LogP contribution is -2.36. The Balaban J connectivity index is 3.83. The number of carbonyl (C=O) groups is 1. The van der Waals surface area contributed by atoms with Gasteiger partial charge in [0.25, 0.3) is 0 Å². The van der Waals surface area contributed by atoms with E-state index in [1.54, 1.807) is 13.8 Å². The van der Waals surface area contributed by atoms with Crippen molar-refractivity contribution in [1.82, 2.24) is 4.90 Å². The molecule has 0 aliphatic rings. The second kappa shape index (κ2) is 3.29. The fourth-order valence-corrected chi connectivity index (χ4v) is 0.445. The van der Waals surface area contributed by atoms with Crippen LogP contribution in [0.25, 0.3) is 0 Å². The highest BCUT2D eigenvalue weighted by molar-refractivity contribution is 5.64. The third-order valence-corrected chi connectivity index (χ3v) is 1.02. The average Bonchev–Trinajstić information content (AvgIpc) is 1.64. The molecule has 9 heavy (non-hydrogen) atoms. The molecule has 2 N–H and O–H groups in total. The highest BCUT2D eigenvalue weighted by Gasteiger charge is 2.12. The Morgan fingerprint density at radius 1 is 1.67 bits per heavy atom. The number of rotatable bonds is 2. The van der Waals surface area contributed by atoms with Crippen LogP contribution in [0.3, 0.4) is 0 Å². The summed E-state index contributed by atoms with van der Waals surface area (Å²) < 4.78 is 0. The van der Waals surface area contributed by atoms with Gasteiger partial charge in [-0.25, -0.2) is 4.79 Å². The molecular formula is C5H11NO3. The van der Waals surface area contributed by atoms with Crippen molar-refractivity contribution in [2.75, 3.05) is 6.73 Å². The second-order valence-corrected chi connectivity index (χ2v) is 1.99. The minimum absolute atomic E-state index is 0.160. The zero-order valence-corrected chi connectivity index (χ0v) is 5.53. The first kappa shape index (κ1) is 8.23. The topological polar surface area (TPSA) is 60.8 Å². The molecule has 0 aromatic rings. The minimum atomic E-state index is -1.09. The number of carboxylic acid groups (broad SMARTS) is 1. The van der Waals surface area contributed by atoms with Gasteiger partial charge in [-0.15, -0.1) is 0 Å². The predicted octanol–water partition coefficient (Wildman–Crippen LogP) is 0.325. The van der Waals surface area contributed by atoms with Crippen molar-refractivity contribution >= 4 is 6.09 Å². The third kappa shape index (κ3) is 2.32. The molecule has 0 heterocycles. The van der Waals surface area contributed by atoms with E-state index in [4.69, 9.17) is 10.2 Å². The van der Waals surface area contributed by atoms with Gasteiger partial charge < -0.3 is 10.2 Å². The van der Waals surface area contributed by atoms with Gasteiger partial charge in [0.1, 0.15) is 6.73 Å².